The molecule has 2 aromatic rings. The molecule has 0 aromatic heterocycles. The summed E-state index contributed by atoms with van der Waals surface area (Å²) in [6.45, 7) is 0.882. The molecule has 1 saturated heterocycles. The maximum Gasteiger partial charge on any atom is 0.278 e. The molecule has 2 amide bonds. The second-order valence-electron chi connectivity index (χ2n) is 6.33. The van der Waals surface area contributed by atoms with Crippen molar-refractivity contribution in [1.29, 1.82) is 0 Å². The Morgan fingerprint density at radius 3 is 2.48 bits per heavy atom. The highest BCUT2D eigenvalue weighted by Gasteiger charge is 2.56. The summed E-state index contributed by atoms with van der Waals surface area (Å²) in [7, 11) is 0. The number of hydrogen-bond donors (Lipinski definition) is 0. The van der Waals surface area contributed by atoms with Crippen LogP contribution in [0.4, 0.5) is 5.69 Å². The molecule has 0 radical (unpaired) electrons. The van der Waals surface area contributed by atoms with Crippen LogP contribution in [0, 0.1) is 5.92 Å². The minimum atomic E-state index is -0.962. The van der Waals surface area contributed by atoms with Crippen LogP contribution < -0.4 is 14.4 Å². The van der Waals surface area contributed by atoms with Crippen LogP contribution in [-0.4, -0.2) is 36.8 Å². The molecule has 27 heavy (non-hydrogen) atoms. The van der Waals surface area contributed by atoms with Crippen molar-refractivity contribution in [3.8, 4) is 11.5 Å². The Morgan fingerprint density at radius 2 is 1.70 bits per heavy atom. The molecule has 8 heteroatoms. The summed E-state index contributed by atoms with van der Waals surface area (Å²) in [5, 5.41) is 4.55. The van der Waals surface area contributed by atoms with Crippen molar-refractivity contribution in [2.24, 2.45) is 11.1 Å². The minimum Gasteiger partial charge on any atom is -0.486 e. The van der Waals surface area contributed by atoms with Gasteiger partial charge in [-0.25, -0.2) is 4.90 Å². The molecule has 2 atom stereocenters. The van der Waals surface area contributed by atoms with Crippen molar-refractivity contribution in [1.82, 2.24) is 0 Å². The van der Waals surface area contributed by atoms with Gasteiger partial charge >= 0.3 is 0 Å². The van der Waals surface area contributed by atoms with Crippen LogP contribution in [0.25, 0.3) is 0 Å². The number of amides is 2. The first-order valence-corrected chi connectivity index (χ1v) is 8.78. The monoisotopic (exact) mass is 384 g/mol. The molecule has 0 bridgehead atoms. The van der Waals surface area contributed by atoms with E-state index in [-0.39, 0.29) is 5.91 Å². The average molecular weight is 385 g/mol. The number of ether oxygens (including phenoxy) is 2. The van der Waals surface area contributed by atoms with Gasteiger partial charge in [0, 0.05) is 16.7 Å². The van der Waals surface area contributed by atoms with Crippen molar-refractivity contribution >= 4 is 34.8 Å². The number of rotatable bonds is 2. The molecular weight excluding hydrogens is 372 g/mol. The highest BCUT2D eigenvalue weighted by Crippen LogP contribution is 2.39. The van der Waals surface area contributed by atoms with Gasteiger partial charge in [0.05, 0.1) is 5.69 Å². The van der Waals surface area contributed by atoms with Crippen molar-refractivity contribution < 1.29 is 23.9 Å². The Balaban J connectivity index is 1.49. The Bertz CT molecular complexity index is 988. The number of anilines is 1. The minimum absolute atomic E-state index is 0.382. The molecule has 2 aromatic carbocycles. The third-order valence-electron chi connectivity index (χ3n) is 4.74. The van der Waals surface area contributed by atoms with Gasteiger partial charge in [-0.15, -0.1) is 0 Å². The first-order chi connectivity index (χ1) is 13.1. The molecule has 5 rings (SSSR count). The van der Waals surface area contributed by atoms with E-state index in [1.54, 1.807) is 42.5 Å². The average Bonchev–Trinajstić information content (AvgIpc) is 3.23. The van der Waals surface area contributed by atoms with E-state index in [2.05, 4.69) is 5.16 Å². The van der Waals surface area contributed by atoms with Gasteiger partial charge in [-0.3, -0.25) is 9.59 Å². The number of hydrogen-bond acceptors (Lipinski definition) is 6. The molecule has 2 unspecified atom stereocenters. The van der Waals surface area contributed by atoms with Gasteiger partial charge in [-0.2, -0.15) is 0 Å². The number of imide groups is 1. The lowest BCUT2D eigenvalue weighted by Gasteiger charge is -2.21. The third-order valence-corrected chi connectivity index (χ3v) is 4.99. The van der Waals surface area contributed by atoms with Crippen molar-refractivity contribution in [3.63, 3.8) is 0 Å². The highest BCUT2D eigenvalue weighted by atomic mass is 35.5. The second kappa shape index (κ2) is 5.99. The van der Waals surface area contributed by atoms with Crippen LogP contribution in [0.3, 0.4) is 0 Å². The molecular formula is C19H13ClN2O5. The summed E-state index contributed by atoms with van der Waals surface area (Å²) in [5.74, 6) is -0.526. The van der Waals surface area contributed by atoms with Gasteiger partial charge in [0.2, 0.25) is 12.0 Å². The van der Waals surface area contributed by atoms with Crippen LogP contribution in [-0.2, 0) is 14.4 Å². The normalized spacial score (nSPS) is 23.1. The number of halogens is 1. The summed E-state index contributed by atoms with van der Waals surface area (Å²) in [5.41, 5.74) is 1.54. The molecule has 3 aliphatic rings. The highest BCUT2D eigenvalue weighted by molar-refractivity contribution is 6.33. The summed E-state index contributed by atoms with van der Waals surface area (Å²) in [4.78, 5) is 32.3. The molecule has 7 nitrogen and oxygen atoms in total. The van der Waals surface area contributed by atoms with E-state index >= 15 is 0 Å². The molecule has 0 spiro atoms. The lowest BCUT2D eigenvalue weighted by Crippen LogP contribution is -2.33. The SMILES string of the molecule is O=C1C2ON=C(c3ccc(Cl)cc3)C2C(=O)N1c1ccc2c(c1)OCCO2. The van der Waals surface area contributed by atoms with Crippen LogP contribution in [0.2, 0.25) is 5.02 Å². The van der Waals surface area contributed by atoms with E-state index in [1.165, 1.54) is 0 Å². The van der Waals surface area contributed by atoms with Crippen LogP contribution >= 0.6 is 11.6 Å². The Labute approximate surface area is 159 Å². The second-order valence-corrected chi connectivity index (χ2v) is 6.76. The molecule has 3 heterocycles. The van der Waals surface area contributed by atoms with Crippen LogP contribution in [0.5, 0.6) is 11.5 Å². The number of fused-ring (bicyclic) bond motifs is 2. The van der Waals surface area contributed by atoms with Gasteiger partial charge in [-0.05, 0) is 24.3 Å². The Kier molecular flexibility index (Phi) is 3.58. The van der Waals surface area contributed by atoms with Crippen molar-refractivity contribution in [2.75, 3.05) is 18.1 Å². The fraction of sp³-hybridized carbons (Fsp3) is 0.211. The Hall–Kier alpha value is -3.06. The van der Waals surface area contributed by atoms with Crippen LogP contribution in [0.1, 0.15) is 5.56 Å². The maximum absolute atomic E-state index is 13.1. The quantitative estimate of drug-likeness (QED) is 0.743. The molecule has 1 fully saturated rings. The summed E-state index contributed by atoms with van der Waals surface area (Å²) >= 11 is 5.92. The topological polar surface area (TPSA) is 77.4 Å². The van der Waals surface area contributed by atoms with Gasteiger partial charge in [0.25, 0.3) is 5.91 Å². The maximum atomic E-state index is 13.1. The third kappa shape index (κ3) is 2.46. The predicted molar refractivity (Wildman–Crippen MR) is 96.3 cm³/mol. The zero-order valence-electron chi connectivity index (χ0n) is 13.9. The first-order valence-electron chi connectivity index (χ1n) is 8.40. The Morgan fingerprint density at radius 1 is 0.963 bits per heavy atom. The number of carbonyl (C=O) groups excluding carboxylic acids is 2. The predicted octanol–water partition coefficient (Wildman–Crippen LogP) is 2.40. The number of carbonyl (C=O) groups is 2. The van der Waals surface area contributed by atoms with Gasteiger partial charge in [-0.1, -0.05) is 28.9 Å². The fourth-order valence-electron chi connectivity index (χ4n) is 3.46. The summed E-state index contributed by atoms with van der Waals surface area (Å²) < 4.78 is 11.0. The fourth-order valence-corrected chi connectivity index (χ4v) is 3.59. The zero-order chi connectivity index (χ0) is 18.5. The van der Waals surface area contributed by atoms with E-state index < -0.39 is 17.9 Å². The van der Waals surface area contributed by atoms with Gasteiger partial charge < -0.3 is 14.3 Å². The van der Waals surface area contributed by atoms with Crippen molar-refractivity contribution in [2.45, 2.75) is 6.10 Å². The zero-order valence-corrected chi connectivity index (χ0v) is 14.7. The smallest absolute Gasteiger partial charge is 0.278 e. The first kappa shape index (κ1) is 16.1. The number of nitrogens with zero attached hydrogens (tertiary/aromatic N) is 2. The number of benzene rings is 2. The largest absolute Gasteiger partial charge is 0.486 e. The molecule has 0 N–H and O–H groups in total. The standard InChI is InChI=1S/C19H13ClN2O5/c20-11-3-1-10(2-4-11)16-15-17(27-21-16)19(24)22(18(15)23)12-5-6-13-14(9-12)26-8-7-25-13/h1-6,9,15,17H,7-8H2. The lowest BCUT2D eigenvalue weighted by atomic mass is 9.94. The summed E-state index contributed by atoms with van der Waals surface area (Å²) in [6.07, 6.45) is -0.962. The van der Waals surface area contributed by atoms with Gasteiger partial charge in [0.15, 0.2) is 11.5 Å². The van der Waals surface area contributed by atoms with E-state index in [0.717, 1.165) is 4.90 Å². The lowest BCUT2D eigenvalue weighted by molar-refractivity contribution is -0.126. The molecule has 0 saturated carbocycles. The van der Waals surface area contributed by atoms with Crippen LogP contribution in [0.15, 0.2) is 47.6 Å². The molecule has 0 aliphatic carbocycles. The van der Waals surface area contributed by atoms with E-state index in [1.807, 2.05) is 0 Å². The van der Waals surface area contributed by atoms with Crippen molar-refractivity contribution in [3.05, 3.63) is 53.1 Å². The molecule has 136 valence electrons. The summed E-state index contributed by atoms with van der Waals surface area (Å²) in [6, 6.07) is 11.9. The van der Waals surface area contributed by atoms with Gasteiger partial charge in [0.1, 0.15) is 24.8 Å². The van der Waals surface area contributed by atoms with E-state index in [4.69, 9.17) is 25.9 Å². The van der Waals surface area contributed by atoms with E-state index in [9.17, 15) is 9.59 Å². The van der Waals surface area contributed by atoms with E-state index in [0.29, 0.717) is 46.7 Å². The molecule has 3 aliphatic heterocycles. The number of oxime groups is 1.